The summed E-state index contributed by atoms with van der Waals surface area (Å²) in [6, 6.07) is 23.3. The molecule has 4 heteroatoms. The Balaban J connectivity index is 0.000000197. The minimum atomic E-state index is -0.855. The van der Waals surface area contributed by atoms with Crippen molar-refractivity contribution < 1.29 is 14.7 Å². The molecule has 0 spiro atoms. The first-order valence-corrected chi connectivity index (χ1v) is 8.17. The quantitative estimate of drug-likeness (QED) is 0.658. The van der Waals surface area contributed by atoms with E-state index in [1.807, 2.05) is 61.5 Å². The van der Waals surface area contributed by atoms with Crippen LogP contribution in [0.2, 0.25) is 0 Å². The van der Waals surface area contributed by atoms with Gasteiger partial charge in [-0.25, -0.2) is 4.79 Å². The van der Waals surface area contributed by atoms with Crippen LogP contribution >= 0.6 is 0 Å². The Morgan fingerprint density at radius 2 is 1.50 bits per heavy atom. The van der Waals surface area contributed by atoms with Gasteiger partial charge < -0.3 is 10.4 Å². The van der Waals surface area contributed by atoms with Crippen molar-refractivity contribution in [2.45, 2.75) is 13.8 Å². The Hall–Kier alpha value is -3.40. The maximum absolute atomic E-state index is 10.6. The van der Waals surface area contributed by atoms with Crippen molar-refractivity contribution in [3.8, 4) is 11.1 Å². The van der Waals surface area contributed by atoms with Gasteiger partial charge in [0.05, 0.1) is 5.56 Å². The molecule has 0 fully saturated rings. The smallest absolute Gasteiger partial charge is 0.335 e. The van der Waals surface area contributed by atoms with E-state index in [4.69, 9.17) is 5.11 Å². The number of nitrogens with one attached hydrogen (secondary N) is 1. The largest absolute Gasteiger partial charge is 0.478 e. The van der Waals surface area contributed by atoms with Crippen LogP contribution in [0.5, 0.6) is 0 Å². The van der Waals surface area contributed by atoms with E-state index in [0.29, 0.717) is 12.0 Å². The Kier molecular flexibility index (Phi) is 6.68. The van der Waals surface area contributed by atoms with Crippen LogP contribution in [0.3, 0.4) is 0 Å². The fraction of sp³-hybridized carbons (Fsp3) is 0.0909. The number of hydrogen-bond donors (Lipinski definition) is 2. The molecular weight excluding hydrogens is 326 g/mol. The number of carbonyl (C=O) groups is 2. The second-order valence-corrected chi connectivity index (χ2v) is 5.83. The molecule has 0 saturated heterocycles. The molecule has 2 N–H and O–H groups in total. The Labute approximate surface area is 153 Å². The molecule has 132 valence electrons. The van der Waals surface area contributed by atoms with Crippen LogP contribution in [0.1, 0.15) is 21.5 Å². The SMILES string of the molecule is Cc1ccc(C)c(C(=O)O)c1.O=CNc1ccc(-c2ccccc2)cc1. The summed E-state index contributed by atoms with van der Waals surface area (Å²) in [4.78, 5) is 20.8. The van der Waals surface area contributed by atoms with Gasteiger partial charge in [-0.3, -0.25) is 4.79 Å². The minimum Gasteiger partial charge on any atom is -0.478 e. The monoisotopic (exact) mass is 347 g/mol. The molecule has 0 aliphatic heterocycles. The van der Waals surface area contributed by atoms with Crippen LogP contribution < -0.4 is 5.32 Å². The van der Waals surface area contributed by atoms with Gasteiger partial charge in [-0.05, 0) is 48.7 Å². The van der Waals surface area contributed by atoms with Gasteiger partial charge >= 0.3 is 5.97 Å². The molecule has 0 aliphatic rings. The summed E-state index contributed by atoms with van der Waals surface area (Å²) in [6.07, 6.45) is 0.678. The van der Waals surface area contributed by atoms with E-state index in [2.05, 4.69) is 17.4 Å². The number of carbonyl (C=O) groups excluding carboxylic acids is 1. The summed E-state index contributed by atoms with van der Waals surface area (Å²) >= 11 is 0. The van der Waals surface area contributed by atoms with Crippen molar-refractivity contribution in [3.05, 3.63) is 89.5 Å². The summed E-state index contributed by atoms with van der Waals surface area (Å²) in [5, 5.41) is 11.3. The van der Waals surface area contributed by atoms with Crippen molar-refractivity contribution >= 4 is 18.1 Å². The minimum absolute atomic E-state index is 0.394. The molecule has 3 aromatic rings. The maximum Gasteiger partial charge on any atom is 0.335 e. The number of carboxylic acid groups (broad SMARTS) is 1. The number of aryl methyl sites for hydroxylation is 2. The Bertz CT molecular complexity index is 872. The third kappa shape index (κ3) is 5.31. The van der Waals surface area contributed by atoms with Crippen molar-refractivity contribution in [3.63, 3.8) is 0 Å². The highest BCUT2D eigenvalue weighted by Crippen LogP contribution is 2.20. The molecule has 0 aromatic heterocycles. The van der Waals surface area contributed by atoms with Gasteiger partial charge in [0, 0.05) is 5.69 Å². The number of rotatable bonds is 4. The first kappa shape index (κ1) is 18.9. The fourth-order valence-electron chi connectivity index (χ4n) is 2.42. The standard InChI is InChI=1S/C13H11NO.C9H10O2/c15-10-14-13-8-6-12(7-9-13)11-4-2-1-3-5-11;1-6-3-4-7(2)8(5-6)9(10)11/h1-10H,(H,14,15);3-5H,1-2H3,(H,10,11). The van der Waals surface area contributed by atoms with E-state index >= 15 is 0 Å². The summed E-state index contributed by atoms with van der Waals surface area (Å²) in [6.45, 7) is 3.68. The third-order valence-corrected chi connectivity index (χ3v) is 3.84. The molecule has 4 nitrogen and oxygen atoms in total. The molecule has 1 amide bonds. The Morgan fingerprint density at radius 3 is 2.04 bits per heavy atom. The normalized spacial score (nSPS) is 9.62. The lowest BCUT2D eigenvalue weighted by molar-refractivity contribution is -0.105. The summed E-state index contributed by atoms with van der Waals surface area (Å²) < 4.78 is 0. The first-order valence-electron chi connectivity index (χ1n) is 8.17. The highest BCUT2D eigenvalue weighted by atomic mass is 16.4. The number of benzene rings is 3. The molecule has 3 rings (SSSR count). The number of hydrogen-bond acceptors (Lipinski definition) is 2. The third-order valence-electron chi connectivity index (χ3n) is 3.84. The van der Waals surface area contributed by atoms with Crippen LogP contribution in [-0.2, 0) is 4.79 Å². The van der Waals surface area contributed by atoms with Gasteiger partial charge in [0.2, 0.25) is 6.41 Å². The summed E-state index contributed by atoms with van der Waals surface area (Å²) in [5.74, 6) is -0.855. The van der Waals surface area contributed by atoms with E-state index in [-0.39, 0.29) is 0 Å². The van der Waals surface area contributed by atoms with E-state index < -0.39 is 5.97 Å². The molecule has 26 heavy (non-hydrogen) atoms. The van der Waals surface area contributed by atoms with Crippen molar-refractivity contribution in [1.82, 2.24) is 0 Å². The zero-order valence-electron chi connectivity index (χ0n) is 14.8. The molecule has 0 bridgehead atoms. The van der Waals surface area contributed by atoms with Crippen LogP contribution in [-0.4, -0.2) is 17.5 Å². The highest BCUT2D eigenvalue weighted by molar-refractivity contribution is 5.89. The van der Waals surface area contributed by atoms with Crippen LogP contribution in [0.15, 0.2) is 72.8 Å². The highest BCUT2D eigenvalue weighted by Gasteiger charge is 2.05. The molecule has 3 aromatic carbocycles. The second-order valence-electron chi connectivity index (χ2n) is 5.83. The first-order chi connectivity index (χ1) is 12.5. The lowest BCUT2D eigenvalue weighted by atomic mass is 10.1. The Morgan fingerprint density at radius 1 is 0.885 bits per heavy atom. The van der Waals surface area contributed by atoms with Gasteiger partial charge in [0.15, 0.2) is 0 Å². The van der Waals surface area contributed by atoms with Crippen molar-refractivity contribution in [2.24, 2.45) is 0 Å². The lowest BCUT2D eigenvalue weighted by Gasteiger charge is -2.02. The summed E-state index contributed by atoms with van der Waals surface area (Å²) in [5.41, 5.74) is 5.31. The average molecular weight is 347 g/mol. The van der Waals surface area contributed by atoms with Crippen molar-refractivity contribution in [1.29, 1.82) is 0 Å². The molecule has 0 saturated carbocycles. The lowest BCUT2D eigenvalue weighted by Crippen LogP contribution is -1.99. The van der Waals surface area contributed by atoms with Gasteiger partial charge in [-0.2, -0.15) is 0 Å². The molecular formula is C22H21NO3. The van der Waals surface area contributed by atoms with Gasteiger partial charge in [0.25, 0.3) is 0 Å². The van der Waals surface area contributed by atoms with Crippen LogP contribution in [0, 0.1) is 13.8 Å². The van der Waals surface area contributed by atoms with E-state index in [1.54, 1.807) is 13.0 Å². The molecule has 0 radical (unpaired) electrons. The van der Waals surface area contributed by atoms with Gasteiger partial charge in [-0.15, -0.1) is 0 Å². The van der Waals surface area contributed by atoms with E-state index in [1.165, 1.54) is 5.56 Å². The molecule has 0 atom stereocenters. The topological polar surface area (TPSA) is 66.4 Å². The number of aromatic carboxylic acids is 1. The second kappa shape index (κ2) is 9.18. The van der Waals surface area contributed by atoms with E-state index in [0.717, 1.165) is 22.4 Å². The van der Waals surface area contributed by atoms with Crippen LogP contribution in [0.4, 0.5) is 5.69 Å². The fourth-order valence-corrected chi connectivity index (χ4v) is 2.42. The zero-order valence-corrected chi connectivity index (χ0v) is 14.8. The van der Waals surface area contributed by atoms with Gasteiger partial charge in [0.1, 0.15) is 0 Å². The average Bonchev–Trinajstić information content (AvgIpc) is 2.66. The molecule has 0 unspecified atom stereocenters. The van der Waals surface area contributed by atoms with Crippen LogP contribution in [0.25, 0.3) is 11.1 Å². The summed E-state index contributed by atoms with van der Waals surface area (Å²) in [7, 11) is 0. The number of anilines is 1. The number of amides is 1. The predicted molar refractivity (Wildman–Crippen MR) is 104 cm³/mol. The van der Waals surface area contributed by atoms with E-state index in [9.17, 15) is 9.59 Å². The van der Waals surface area contributed by atoms with Gasteiger partial charge in [-0.1, -0.05) is 60.2 Å². The molecule has 0 heterocycles. The van der Waals surface area contributed by atoms with Crippen molar-refractivity contribution in [2.75, 3.05) is 5.32 Å². The zero-order chi connectivity index (χ0) is 18.9. The number of carboxylic acids is 1. The maximum atomic E-state index is 10.6. The molecule has 0 aliphatic carbocycles. The predicted octanol–water partition coefficient (Wildman–Crippen LogP) is 4.92.